The van der Waals surface area contributed by atoms with Crippen molar-refractivity contribution in [1.82, 2.24) is 15.1 Å². The molecule has 0 saturated carbocycles. The minimum absolute atomic E-state index is 0.0191. The van der Waals surface area contributed by atoms with Crippen LogP contribution in [0.4, 0.5) is 0 Å². The van der Waals surface area contributed by atoms with E-state index in [4.69, 9.17) is 4.74 Å². The Morgan fingerprint density at radius 3 is 2.29 bits per heavy atom. The molecule has 0 radical (unpaired) electrons. The topological polar surface area (TPSA) is 113 Å². The van der Waals surface area contributed by atoms with E-state index in [0.29, 0.717) is 44.4 Å². The number of carbonyl (C=O) groups excluding carboxylic acids is 3. The molecule has 3 amide bonds. The van der Waals surface area contributed by atoms with Crippen molar-refractivity contribution in [3.63, 3.8) is 0 Å². The standard InChI is InChI=1S/C31H41N3O6S/c1-6-20(7-2)28-29(35)32-27(24-16-21-10-8-9-11-22(21)17-24)31(37)34(28)19-23-12-13-25(41(5,38)39)18-26(23)30(36)33(3)14-15-40-4/h8-13,18,20,24,27-28H,6-7,14-17,19H2,1-5H3,(H,32,35)/t27-,28-/m1/s1. The Morgan fingerprint density at radius 1 is 1.10 bits per heavy atom. The molecular weight excluding hydrogens is 542 g/mol. The van der Waals surface area contributed by atoms with Crippen LogP contribution in [0.25, 0.3) is 0 Å². The van der Waals surface area contributed by atoms with Gasteiger partial charge in [-0.05, 0) is 53.5 Å². The smallest absolute Gasteiger partial charge is 0.254 e. The number of hydrogen-bond acceptors (Lipinski definition) is 6. The summed E-state index contributed by atoms with van der Waals surface area (Å²) >= 11 is 0. The Bertz CT molecular complexity index is 1380. The second kappa shape index (κ2) is 12.7. The fraction of sp³-hybridized carbons (Fsp3) is 0.516. The summed E-state index contributed by atoms with van der Waals surface area (Å²) in [6, 6.07) is 11.2. The highest BCUT2D eigenvalue weighted by atomic mass is 32.2. The van der Waals surface area contributed by atoms with E-state index in [0.717, 1.165) is 6.26 Å². The maximum Gasteiger partial charge on any atom is 0.254 e. The highest BCUT2D eigenvalue weighted by Crippen LogP contribution is 2.34. The van der Waals surface area contributed by atoms with Gasteiger partial charge in [0.2, 0.25) is 11.8 Å². The van der Waals surface area contributed by atoms with Gasteiger partial charge in [0.15, 0.2) is 9.84 Å². The van der Waals surface area contributed by atoms with E-state index >= 15 is 0 Å². The molecule has 0 aromatic heterocycles. The van der Waals surface area contributed by atoms with Crippen LogP contribution in [-0.2, 0) is 43.5 Å². The Kier molecular flexibility index (Phi) is 9.54. The number of fused-ring (bicyclic) bond motifs is 1. The molecule has 1 heterocycles. The third kappa shape index (κ3) is 6.48. The van der Waals surface area contributed by atoms with Crippen molar-refractivity contribution in [2.75, 3.05) is 33.6 Å². The van der Waals surface area contributed by atoms with Crippen LogP contribution in [0, 0.1) is 11.8 Å². The molecule has 41 heavy (non-hydrogen) atoms. The zero-order valence-electron chi connectivity index (χ0n) is 24.6. The molecule has 0 spiro atoms. The highest BCUT2D eigenvalue weighted by molar-refractivity contribution is 7.90. The lowest BCUT2D eigenvalue weighted by Crippen LogP contribution is -2.66. The van der Waals surface area contributed by atoms with E-state index in [1.807, 2.05) is 26.0 Å². The average molecular weight is 584 g/mol. The normalized spacial score (nSPS) is 19.4. The number of benzene rings is 2. The quantitative estimate of drug-likeness (QED) is 0.435. The second-order valence-corrected chi connectivity index (χ2v) is 13.2. The Labute approximate surface area is 243 Å². The summed E-state index contributed by atoms with van der Waals surface area (Å²) in [5.74, 6) is -0.865. The van der Waals surface area contributed by atoms with Crippen LogP contribution in [0.5, 0.6) is 0 Å². The van der Waals surface area contributed by atoms with E-state index in [9.17, 15) is 22.8 Å². The maximum absolute atomic E-state index is 14.2. The van der Waals surface area contributed by atoms with Crippen molar-refractivity contribution in [2.45, 2.75) is 63.1 Å². The molecule has 1 saturated heterocycles. The molecule has 9 nitrogen and oxygen atoms in total. The first-order valence-corrected chi connectivity index (χ1v) is 16.1. The average Bonchev–Trinajstić information content (AvgIpc) is 3.38. The van der Waals surface area contributed by atoms with E-state index in [2.05, 4.69) is 17.4 Å². The van der Waals surface area contributed by atoms with Crippen LogP contribution in [0.3, 0.4) is 0 Å². The number of sulfone groups is 1. The van der Waals surface area contributed by atoms with Gasteiger partial charge in [-0.15, -0.1) is 0 Å². The van der Waals surface area contributed by atoms with Crippen LogP contribution in [0.2, 0.25) is 0 Å². The second-order valence-electron chi connectivity index (χ2n) is 11.2. The van der Waals surface area contributed by atoms with Crippen LogP contribution in [-0.4, -0.2) is 81.6 Å². The van der Waals surface area contributed by atoms with Gasteiger partial charge in [0.25, 0.3) is 5.91 Å². The fourth-order valence-corrected chi connectivity index (χ4v) is 6.77. The van der Waals surface area contributed by atoms with Gasteiger partial charge in [-0.2, -0.15) is 0 Å². The van der Waals surface area contributed by atoms with Gasteiger partial charge in [-0.25, -0.2) is 8.42 Å². The number of piperazine rings is 1. The van der Waals surface area contributed by atoms with Gasteiger partial charge in [-0.3, -0.25) is 14.4 Å². The summed E-state index contributed by atoms with van der Waals surface area (Å²) in [7, 11) is -0.426. The Morgan fingerprint density at radius 2 is 1.73 bits per heavy atom. The summed E-state index contributed by atoms with van der Waals surface area (Å²) in [5.41, 5.74) is 3.07. The number of amides is 3. The number of nitrogens with zero attached hydrogens (tertiary/aromatic N) is 2. The van der Waals surface area contributed by atoms with Crippen LogP contribution in [0.1, 0.15) is 53.7 Å². The SMILES string of the molecule is CCC(CC)[C@@H]1C(=O)N[C@H](C2Cc3ccccc3C2)C(=O)N1Cc1ccc(S(C)(=O)=O)cc1C(=O)N(C)CCOC. The van der Waals surface area contributed by atoms with Gasteiger partial charge in [-0.1, -0.05) is 57.0 Å². The van der Waals surface area contributed by atoms with Crippen molar-refractivity contribution in [3.05, 3.63) is 64.7 Å². The number of rotatable bonds is 11. The van der Waals surface area contributed by atoms with Gasteiger partial charge < -0.3 is 19.9 Å². The molecule has 222 valence electrons. The fourth-order valence-electron chi connectivity index (χ4n) is 6.13. The van der Waals surface area contributed by atoms with E-state index < -0.39 is 21.9 Å². The predicted octanol–water partition coefficient (Wildman–Crippen LogP) is 2.86. The first-order valence-electron chi connectivity index (χ1n) is 14.2. The maximum atomic E-state index is 14.2. The van der Waals surface area contributed by atoms with Gasteiger partial charge >= 0.3 is 0 Å². The molecule has 4 rings (SSSR count). The van der Waals surface area contributed by atoms with E-state index in [-0.39, 0.29) is 46.6 Å². The summed E-state index contributed by atoms with van der Waals surface area (Å²) in [6.45, 7) is 4.65. The third-order valence-electron chi connectivity index (χ3n) is 8.56. The van der Waals surface area contributed by atoms with Gasteiger partial charge in [0.05, 0.1) is 11.5 Å². The summed E-state index contributed by atoms with van der Waals surface area (Å²) in [6.07, 6.45) is 3.91. The zero-order chi connectivity index (χ0) is 29.9. The van der Waals surface area contributed by atoms with Gasteiger partial charge in [0.1, 0.15) is 12.1 Å². The molecule has 1 aliphatic heterocycles. The van der Waals surface area contributed by atoms with Crippen LogP contribution >= 0.6 is 0 Å². The van der Waals surface area contributed by atoms with Crippen molar-refractivity contribution in [1.29, 1.82) is 0 Å². The molecule has 10 heteroatoms. The molecule has 1 N–H and O–H groups in total. The Hall–Kier alpha value is -3.24. The lowest BCUT2D eigenvalue weighted by molar-refractivity contribution is -0.154. The zero-order valence-corrected chi connectivity index (χ0v) is 25.4. The highest BCUT2D eigenvalue weighted by Gasteiger charge is 2.47. The lowest BCUT2D eigenvalue weighted by atomic mass is 9.85. The molecule has 2 aromatic carbocycles. The third-order valence-corrected chi connectivity index (χ3v) is 9.67. The molecule has 2 atom stereocenters. The lowest BCUT2D eigenvalue weighted by Gasteiger charge is -2.44. The van der Waals surface area contributed by atoms with Gasteiger partial charge in [0, 0.05) is 39.1 Å². The van der Waals surface area contributed by atoms with Crippen molar-refractivity contribution < 1.29 is 27.5 Å². The number of methoxy groups -OCH3 is 1. The number of ether oxygens (including phenoxy) is 1. The summed E-state index contributed by atoms with van der Waals surface area (Å²) < 4.78 is 29.9. The monoisotopic (exact) mass is 583 g/mol. The molecule has 1 fully saturated rings. The van der Waals surface area contributed by atoms with E-state index in [1.54, 1.807) is 25.1 Å². The number of nitrogens with one attached hydrogen (secondary N) is 1. The van der Waals surface area contributed by atoms with Crippen molar-refractivity contribution in [2.24, 2.45) is 11.8 Å². The largest absolute Gasteiger partial charge is 0.383 e. The molecule has 2 aromatic rings. The molecule has 0 unspecified atom stereocenters. The minimum Gasteiger partial charge on any atom is -0.383 e. The number of carbonyl (C=O) groups is 3. The minimum atomic E-state index is -3.59. The molecule has 1 aliphatic carbocycles. The molecule has 0 bridgehead atoms. The van der Waals surface area contributed by atoms with Crippen LogP contribution in [0.15, 0.2) is 47.4 Å². The van der Waals surface area contributed by atoms with Crippen molar-refractivity contribution >= 4 is 27.6 Å². The number of hydrogen-bond donors (Lipinski definition) is 1. The first-order chi connectivity index (χ1) is 19.5. The molecular formula is C31H41N3O6S. The summed E-state index contributed by atoms with van der Waals surface area (Å²) in [4.78, 5) is 44.6. The summed E-state index contributed by atoms with van der Waals surface area (Å²) in [5, 5.41) is 3.07. The predicted molar refractivity (Wildman–Crippen MR) is 156 cm³/mol. The van der Waals surface area contributed by atoms with Crippen molar-refractivity contribution in [3.8, 4) is 0 Å². The number of likely N-dealkylation sites (N-methyl/N-ethyl adjacent to an activating group) is 1. The first kappa shape index (κ1) is 30.7. The van der Waals surface area contributed by atoms with E-state index in [1.165, 1.54) is 28.2 Å². The molecule has 2 aliphatic rings. The Balaban J connectivity index is 1.73. The van der Waals surface area contributed by atoms with Crippen LogP contribution < -0.4 is 5.32 Å².